The van der Waals surface area contributed by atoms with Crippen molar-refractivity contribution in [3.8, 4) is 11.5 Å². The Morgan fingerprint density at radius 1 is 1.28 bits per heavy atom. The third kappa shape index (κ3) is 3.15. The van der Waals surface area contributed by atoms with E-state index in [1.165, 1.54) is 26.4 Å². The van der Waals surface area contributed by atoms with Crippen molar-refractivity contribution >= 4 is 25.8 Å². The fourth-order valence-electron chi connectivity index (χ4n) is 1.53. The molecule has 0 saturated carbocycles. The van der Waals surface area contributed by atoms with Crippen molar-refractivity contribution in [2.24, 2.45) is 0 Å². The second-order valence-corrected chi connectivity index (χ2v) is 6.32. The van der Waals surface area contributed by atoms with Crippen molar-refractivity contribution in [2.75, 3.05) is 25.8 Å². The van der Waals surface area contributed by atoms with Crippen molar-refractivity contribution in [3.05, 3.63) is 17.7 Å². The van der Waals surface area contributed by atoms with Crippen molar-refractivity contribution in [1.82, 2.24) is 0 Å². The van der Waals surface area contributed by atoms with Gasteiger partial charge in [0.25, 0.3) is 0 Å². The Morgan fingerprint density at radius 2 is 1.83 bits per heavy atom. The molecule has 0 aliphatic heterocycles. The summed E-state index contributed by atoms with van der Waals surface area (Å²) in [5.41, 5.74) is 0.471. The molecule has 1 rings (SSSR count). The van der Waals surface area contributed by atoms with Crippen LogP contribution in [-0.4, -0.2) is 39.3 Å². The highest BCUT2D eigenvalue weighted by Gasteiger charge is 2.21. The molecule has 1 unspecified atom stereocenters. The summed E-state index contributed by atoms with van der Waals surface area (Å²) in [4.78, 5) is 0.0346. The summed E-state index contributed by atoms with van der Waals surface area (Å²) in [6, 6.07) is 2.83. The number of halogens is 1. The highest BCUT2D eigenvalue weighted by atomic mass is 79.9. The van der Waals surface area contributed by atoms with Crippen molar-refractivity contribution < 1.29 is 23.0 Å². The molecule has 5 nitrogen and oxygen atoms in total. The van der Waals surface area contributed by atoms with E-state index in [1.54, 1.807) is 0 Å². The lowest BCUT2D eigenvalue weighted by atomic mass is 10.1. The topological polar surface area (TPSA) is 72.8 Å². The van der Waals surface area contributed by atoms with Crippen LogP contribution in [0.4, 0.5) is 0 Å². The largest absolute Gasteiger partial charge is 0.496 e. The van der Waals surface area contributed by atoms with Crippen LogP contribution in [0.3, 0.4) is 0 Å². The molecule has 0 saturated heterocycles. The molecule has 0 radical (unpaired) electrons. The zero-order chi connectivity index (χ0) is 13.9. The number of hydrogen-bond acceptors (Lipinski definition) is 5. The maximum Gasteiger partial charge on any atom is 0.179 e. The Morgan fingerprint density at radius 3 is 2.22 bits per heavy atom. The molecule has 0 aliphatic rings. The zero-order valence-electron chi connectivity index (χ0n) is 10.3. The van der Waals surface area contributed by atoms with Gasteiger partial charge in [-0.05, 0) is 6.07 Å². The molecule has 1 aromatic carbocycles. The van der Waals surface area contributed by atoms with Gasteiger partial charge < -0.3 is 14.6 Å². The van der Waals surface area contributed by atoms with E-state index in [2.05, 4.69) is 15.9 Å². The summed E-state index contributed by atoms with van der Waals surface area (Å²) in [5, 5.41) is 10.1. The molecule has 102 valence electrons. The summed E-state index contributed by atoms with van der Waals surface area (Å²) >= 11 is 3.15. The lowest BCUT2D eigenvalue weighted by molar-refractivity contribution is 0.199. The molecule has 0 bridgehead atoms. The molecule has 1 N–H and O–H groups in total. The number of alkyl halides is 1. The lowest BCUT2D eigenvalue weighted by Gasteiger charge is -2.16. The average molecular weight is 339 g/mol. The second-order valence-electron chi connectivity index (χ2n) is 3.69. The predicted molar refractivity (Wildman–Crippen MR) is 71.4 cm³/mol. The monoisotopic (exact) mass is 338 g/mol. The Hall–Kier alpha value is -0.790. The van der Waals surface area contributed by atoms with Crippen LogP contribution in [0.2, 0.25) is 0 Å². The minimum Gasteiger partial charge on any atom is -0.496 e. The van der Waals surface area contributed by atoms with E-state index in [9.17, 15) is 13.5 Å². The summed E-state index contributed by atoms with van der Waals surface area (Å²) in [6.45, 7) is 0. The van der Waals surface area contributed by atoms with E-state index >= 15 is 0 Å². The third-order valence-electron chi connectivity index (χ3n) is 2.42. The summed E-state index contributed by atoms with van der Waals surface area (Å²) < 4.78 is 33.4. The van der Waals surface area contributed by atoms with Gasteiger partial charge in [0.2, 0.25) is 0 Å². The fourth-order valence-corrected chi connectivity index (χ4v) is 2.70. The van der Waals surface area contributed by atoms with Gasteiger partial charge in [-0.3, -0.25) is 0 Å². The van der Waals surface area contributed by atoms with Gasteiger partial charge in [-0.1, -0.05) is 15.9 Å². The highest BCUT2D eigenvalue weighted by molar-refractivity contribution is 9.09. The van der Waals surface area contributed by atoms with Gasteiger partial charge in [-0.15, -0.1) is 0 Å². The Balaban J connectivity index is 3.52. The number of benzene rings is 1. The molecule has 1 atom stereocenters. The molecule has 18 heavy (non-hydrogen) atoms. The highest BCUT2D eigenvalue weighted by Crippen LogP contribution is 2.35. The van der Waals surface area contributed by atoms with Crippen LogP contribution in [-0.2, 0) is 9.84 Å². The molecule has 7 heteroatoms. The summed E-state index contributed by atoms with van der Waals surface area (Å²) in [5.74, 6) is 0.497. The Labute approximate surface area is 115 Å². The van der Waals surface area contributed by atoms with Gasteiger partial charge in [0.05, 0.1) is 20.3 Å². The van der Waals surface area contributed by atoms with Crippen LogP contribution < -0.4 is 9.47 Å². The normalized spacial score (nSPS) is 13.2. The third-order valence-corrected chi connectivity index (χ3v) is 4.15. The number of hydrogen-bond donors (Lipinski definition) is 1. The second kappa shape index (κ2) is 5.90. The smallest absolute Gasteiger partial charge is 0.179 e. The van der Waals surface area contributed by atoms with Crippen LogP contribution >= 0.6 is 15.9 Å². The first-order valence-electron chi connectivity index (χ1n) is 5.05. The lowest BCUT2D eigenvalue weighted by Crippen LogP contribution is -2.06. The van der Waals surface area contributed by atoms with Crippen LogP contribution in [0.25, 0.3) is 0 Å². The Bertz CT molecular complexity index is 526. The number of aliphatic hydroxyl groups is 1. The van der Waals surface area contributed by atoms with E-state index in [-0.39, 0.29) is 10.6 Å². The van der Waals surface area contributed by atoms with Crippen LogP contribution in [0.5, 0.6) is 11.5 Å². The SMILES string of the molecule is COc1cc(S(C)(=O)=O)c(OC)cc1C(O)CBr. The van der Waals surface area contributed by atoms with Crippen molar-refractivity contribution in [1.29, 1.82) is 0 Å². The maximum absolute atomic E-state index is 11.6. The van der Waals surface area contributed by atoms with Crippen molar-refractivity contribution in [2.45, 2.75) is 11.0 Å². The molecular formula is C11H15BrO5S. The first kappa shape index (κ1) is 15.3. The number of sulfone groups is 1. The summed E-state index contributed by atoms with van der Waals surface area (Å²) in [7, 11) is -0.635. The molecule has 0 amide bonds. The predicted octanol–water partition coefficient (Wildman–Crippen LogP) is 1.54. The van der Waals surface area contributed by atoms with E-state index in [0.29, 0.717) is 16.6 Å². The van der Waals surface area contributed by atoms with E-state index < -0.39 is 15.9 Å². The van der Waals surface area contributed by atoms with Crippen LogP contribution in [0.15, 0.2) is 17.0 Å². The van der Waals surface area contributed by atoms with Gasteiger partial charge in [0.1, 0.15) is 16.4 Å². The molecule has 0 spiro atoms. The Kier molecular flexibility index (Phi) is 5.01. The first-order chi connectivity index (χ1) is 8.35. The first-order valence-corrected chi connectivity index (χ1v) is 8.06. The number of aliphatic hydroxyl groups excluding tert-OH is 1. The van der Waals surface area contributed by atoms with E-state index in [4.69, 9.17) is 9.47 Å². The minimum absolute atomic E-state index is 0.0346. The van der Waals surface area contributed by atoms with Gasteiger partial charge in [-0.2, -0.15) is 0 Å². The number of ether oxygens (including phenoxy) is 2. The van der Waals surface area contributed by atoms with Gasteiger partial charge >= 0.3 is 0 Å². The zero-order valence-corrected chi connectivity index (χ0v) is 12.7. The molecular weight excluding hydrogens is 324 g/mol. The van der Waals surface area contributed by atoms with E-state index in [0.717, 1.165) is 6.26 Å². The molecule has 0 fully saturated rings. The maximum atomic E-state index is 11.6. The molecule has 1 aromatic rings. The fraction of sp³-hybridized carbons (Fsp3) is 0.455. The molecule has 0 aliphatic carbocycles. The average Bonchev–Trinajstić information content (AvgIpc) is 2.34. The minimum atomic E-state index is -3.43. The standard InChI is InChI=1S/C11H15BrO5S/c1-16-9-5-11(18(3,14)15)10(17-2)4-7(9)8(13)6-12/h4-5,8,13H,6H2,1-3H3. The van der Waals surface area contributed by atoms with Crippen LogP contribution in [0.1, 0.15) is 11.7 Å². The van der Waals surface area contributed by atoms with Gasteiger partial charge in [0.15, 0.2) is 9.84 Å². The number of methoxy groups -OCH3 is 2. The quantitative estimate of drug-likeness (QED) is 0.824. The van der Waals surface area contributed by atoms with Crippen LogP contribution in [0, 0.1) is 0 Å². The summed E-state index contributed by atoms with van der Waals surface area (Å²) in [6.07, 6.45) is 0.285. The molecule has 0 heterocycles. The van der Waals surface area contributed by atoms with Crippen molar-refractivity contribution in [3.63, 3.8) is 0 Å². The van der Waals surface area contributed by atoms with Gasteiger partial charge in [-0.25, -0.2) is 8.42 Å². The number of rotatable bonds is 5. The van der Waals surface area contributed by atoms with E-state index in [1.807, 2.05) is 0 Å². The molecule has 0 aromatic heterocycles. The van der Waals surface area contributed by atoms with Gasteiger partial charge in [0, 0.05) is 23.2 Å².